The molecule has 0 heterocycles. The van der Waals surface area contributed by atoms with Crippen LogP contribution in [0, 0.1) is 32.1 Å². The molecule has 0 spiro atoms. The minimum Gasteiger partial charge on any atom is -0.668 e. The van der Waals surface area contributed by atoms with Crippen molar-refractivity contribution in [3.05, 3.63) is 48.1 Å². The third-order valence-corrected chi connectivity index (χ3v) is 0.556. The Hall–Kier alpha value is 0.763. The molecule has 15 heavy (non-hydrogen) atoms. The van der Waals surface area contributed by atoms with Crippen molar-refractivity contribution in [2.75, 3.05) is 42.3 Å². The van der Waals surface area contributed by atoms with E-state index in [4.69, 9.17) is 0 Å². The normalized spacial score (nSPS) is 11.6. The standard InChI is InChI=1S/C5H5.3C2H6N.Zr/c1-2-4-5-3-1;3*1-3-2;/h1-5H;3*1-2H3;/q;3*-1;+4. The first-order valence-corrected chi connectivity index (χ1v) is 4.35. The van der Waals surface area contributed by atoms with Gasteiger partial charge in [0, 0.05) is 0 Å². The van der Waals surface area contributed by atoms with Crippen LogP contribution in [0.2, 0.25) is 0 Å². The van der Waals surface area contributed by atoms with E-state index >= 15 is 0 Å². The molecule has 4 heteroatoms. The minimum atomic E-state index is 0. The first-order chi connectivity index (χ1) is 6.74. The fourth-order valence-corrected chi connectivity index (χ4v) is 0.321. The van der Waals surface area contributed by atoms with Gasteiger partial charge in [-0.15, -0.1) is 0 Å². The zero-order chi connectivity index (χ0) is 11.7. The van der Waals surface area contributed by atoms with Gasteiger partial charge in [0.2, 0.25) is 0 Å². The molecule has 0 atom stereocenters. The van der Waals surface area contributed by atoms with Crippen molar-refractivity contribution in [3.63, 3.8) is 0 Å². The quantitative estimate of drug-likeness (QED) is 0.658. The first-order valence-electron chi connectivity index (χ1n) is 4.35. The van der Waals surface area contributed by atoms with Crippen LogP contribution in [0.4, 0.5) is 0 Å². The molecule has 0 unspecified atom stereocenters. The maximum absolute atomic E-state index is 3.50. The van der Waals surface area contributed by atoms with Crippen LogP contribution in [0.15, 0.2) is 0 Å². The monoisotopic (exact) mass is 287 g/mol. The Bertz CT molecular complexity index is 47.4. The summed E-state index contributed by atoms with van der Waals surface area (Å²) < 4.78 is 0. The molecule has 0 saturated heterocycles. The average Bonchev–Trinajstić information content (AvgIpc) is 2.63. The van der Waals surface area contributed by atoms with Gasteiger partial charge in [-0.1, -0.05) is 0 Å². The minimum absolute atomic E-state index is 0. The van der Waals surface area contributed by atoms with Gasteiger partial charge in [-0.05, 0) is 32.1 Å². The number of hydrogen-bond donors (Lipinski definition) is 0. The first kappa shape index (κ1) is 24.8. The number of rotatable bonds is 0. The number of nitrogens with zero attached hydrogens (tertiary/aromatic N) is 3. The van der Waals surface area contributed by atoms with E-state index in [0.29, 0.717) is 0 Å². The summed E-state index contributed by atoms with van der Waals surface area (Å²) in [6.45, 7) is 0. The Morgan fingerprint density at radius 1 is 0.467 bits per heavy atom. The molecule has 0 amide bonds. The molecule has 1 rings (SSSR count). The molecule has 0 bridgehead atoms. The maximum atomic E-state index is 3.50. The summed E-state index contributed by atoms with van der Waals surface area (Å²) in [6.07, 6.45) is 10.0. The largest absolute Gasteiger partial charge is 4.00 e. The van der Waals surface area contributed by atoms with E-state index in [-0.39, 0.29) is 26.2 Å². The summed E-state index contributed by atoms with van der Waals surface area (Å²) in [7, 11) is 10.5. The Morgan fingerprint density at radius 3 is 0.600 bits per heavy atom. The van der Waals surface area contributed by atoms with Gasteiger partial charge in [0.15, 0.2) is 0 Å². The second kappa shape index (κ2) is 36.4. The summed E-state index contributed by atoms with van der Waals surface area (Å²) in [6, 6.07) is 0. The van der Waals surface area contributed by atoms with Crippen LogP contribution >= 0.6 is 0 Å². The second-order valence-electron chi connectivity index (χ2n) is 2.30. The Balaban J connectivity index is -0.0000000550. The van der Waals surface area contributed by atoms with E-state index in [2.05, 4.69) is 16.0 Å². The summed E-state index contributed by atoms with van der Waals surface area (Å²) in [5, 5.41) is 10.5. The van der Waals surface area contributed by atoms with Gasteiger partial charge in [0.1, 0.15) is 0 Å². The van der Waals surface area contributed by atoms with E-state index in [1.54, 1.807) is 42.3 Å². The van der Waals surface area contributed by atoms with Crippen LogP contribution in [-0.4, -0.2) is 42.3 Å². The molecule has 0 aromatic rings. The van der Waals surface area contributed by atoms with Crippen LogP contribution in [0.3, 0.4) is 0 Å². The van der Waals surface area contributed by atoms with Crippen LogP contribution in [0.5, 0.6) is 0 Å². The fourth-order valence-electron chi connectivity index (χ4n) is 0.321. The maximum Gasteiger partial charge on any atom is 4.00 e. The summed E-state index contributed by atoms with van der Waals surface area (Å²) >= 11 is 0. The van der Waals surface area contributed by atoms with Crippen molar-refractivity contribution < 1.29 is 26.2 Å². The molecule has 0 aliphatic heterocycles. The molecule has 85 valence electrons. The Kier molecular flexibility index (Phi) is 60.3. The Morgan fingerprint density at radius 2 is 0.533 bits per heavy atom. The SMILES string of the molecule is C[N-]C.C[N-]C.C[N-]C.[CH]1[CH][CH][CH][CH]1.[Zr+4]. The van der Waals surface area contributed by atoms with Gasteiger partial charge in [-0.25, -0.2) is 0 Å². The predicted molar refractivity (Wildman–Crippen MR) is 67.1 cm³/mol. The summed E-state index contributed by atoms with van der Waals surface area (Å²) in [4.78, 5) is 0. The molecule has 1 aliphatic carbocycles. The summed E-state index contributed by atoms with van der Waals surface area (Å²) in [5.41, 5.74) is 0. The van der Waals surface area contributed by atoms with Gasteiger partial charge < -0.3 is 16.0 Å². The van der Waals surface area contributed by atoms with Crippen molar-refractivity contribution in [3.8, 4) is 0 Å². The fraction of sp³-hybridized carbons (Fsp3) is 0.545. The van der Waals surface area contributed by atoms with E-state index in [1.165, 1.54) is 0 Å². The summed E-state index contributed by atoms with van der Waals surface area (Å²) in [5.74, 6) is 0. The van der Waals surface area contributed by atoms with Crippen LogP contribution in [0.25, 0.3) is 16.0 Å². The topological polar surface area (TPSA) is 42.3 Å². The smallest absolute Gasteiger partial charge is 0.668 e. The van der Waals surface area contributed by atoms with Gasteiger partial charge in [0.25, 0.3) is 0 Å². The molecular weight excluding hydrogens is 265 g/mol. The zero-order valence-electron chi connectivity index (χ0n) is 10.7. The van der Waals surface area contributed by atoms with Crippen molar-refractivity contribution in [1.29, 1.82) is 0 Å². The molecular formula is C11H23N3Zr+. The molecule has 0 N–H and O–H groups in total. The van der Waals surface area contributed by atoms with Crippen LogP contribution in [-0.2, 0) is 26.2 Å². The number of hydrogen-bond acceptors (Lipinski definition) is 0. The molecule has 0 aromatic carbocycles. The van der Waals surface area contributed by atoms with E-state index in [9.17, 15) is 0 Å². The van der Waals surface area contributed by atoms with Gasteiger partial charge >= 0.3 is 26.2 Å². The molecule has 1 aliphatic rings. The van der Waals surface area contributed by atoms with Crippen molar-refractivity contribution in [2.24, 2.45) is 0 Å². The van der Waals surface area contributed by atoms with E-state index < -0.39 is 0 Å². The van der Waals surface area contributed by atoms with Gasteiger partial charge in [0.05, 0.1) is 0 Å². The van der Waals surface area contributed by atoms with E-state index in [1.807, 2.05) is 32.1 Å². The molecule has 0 aromatic heterocycles. The third-order valence-electron chi connectivity index (χ3n) is 0.556. The average molecular weight is 289 g/mol. The van der Waals surface area contributed by atoms with Crippen LogP contribution < -0.4 is 0 Å². The van der Waals surface area contributed by atoms with Gasteiger partial charge in [-0.3, -0.25) is 0 Å². The van der Waals surface area contributed by atoms with Crippen LogP contribution in [0.1, 0.15) is 0 Å². The van der Waals surface area contributed by atoms with Crippen molar-refractivity contribution >= 4 is 0 Å². The van der Waals surface area contributed by atoms with E-state index in [0.717, 1.165) is 0 Å². The molecule has 3 nitrogen and oxygen atoms in total. The second-order valence-corrected chi connectivity index (χ2v) is 2.30. The predicted octanol–water partition coefficient (Wildman–Crippen LogP) is 2.88. The molecule has 5 radical (unpaired) electrons. The van der Waals surface area contributed by atoms with Crippen molar-refractivity contribution in [2.45, 2.75) is 0 Å². The van der Waals surface area contributed by atoms with Gasteiger partial charge in [-0.2, -0.15) is 42.3 Å². The van der Waals surface area contributed by atoms with Crippen molar-refractivity contribution in [1.82, 2.24) is 0 Å². The molecule has 1 saturated carbocycles. The third kappa shape index (κ3) is 72.4. The Labute approximate surface area is 116 Å². The zero-order valence-corrected chi connectivity index (χ0v) is 13.2. The molecule has 1 fully saturated rings.